The minimum absolute atomic E-state index is 0.230. The van der Waals surface area contributed by atoms with Crippen LogP contribution in [0.2, 0.25) is 0 Å². The first-order valence-corrected chi connectivity index (χ1v) is 7.37. The van der Waals surface area contributed by atoms with Crippen LogP contribution in [0.15, 0.2) is 58.4 Å². The molecule has 0 N–H and O–H groups in total. The van der Waals surface area contributed by atoms with Crippen LogP contribution in [0.3, 0.4) is 0 Å². The van der Waals surface area contributed by atoms with Gasteiger partial charge in [-0.05, 0) is 36.4 Å². The van der Waals surface area contributed by atoms with Crippen LogP contribution in [0.5, 0.6) is 0 Å². The van der Waals surface area contributed by atoms with Crippen LogP contribution < -0.4 is 0 Å². The van der Waals surface area contributed by atoms with Gasteiger partial charge < -0.3 is 0 Å². The quantitative estimate of drug-likeness (QED) is 0.613. The van der Waals surface area contributed by atoms with Crippen molar-refractivity contribution in [3.8, 4) is 21.8 Å². The third kappa shape index (κ3) is 2.74. The lowest BCUT2D eigenvalue weighted by Crippen LogP contribution is -1.80. The number of hydrogen-bond donors (Lipinski definition) is 0. The highest BCUT2D eigenvalue weighted by molar-refractivity contribution is 9.10. The molecule has 2 aromatic carbocycles. The van der Waals surface area contributed by atoms with E-state index in [0.29, 0.717) is 0 Å². The van der Waals surface area contributed by atoms with E-state index in [9.17, 15) is 4.39 Å². The Morgan fingerprint density at radius 3 is 2.21 bits per heavy atom. The van der Waals surface area contributed by atoms with Crippen molar-refractivity contribution in [2.75, 3.05) is 0 Å². The number of hydrogen-bond acceptors (Lipinski definition) is 2. The summed E-state index contributed by atoms with van der Waals surface area (Å²) in [5.74, 6) is -0.230. The SMILES string of the molecule is Fc1ccc(-c2csc(-c3ccc(Br)cc3)n2)cc1. The van der Waals surface area contributed by atoms with Crippen molar-refractivity contribution in [2.24, 2.45) is 0 Å². The standard InChI is InChI=1S/C15H9BrFNS/c16-12-5-1-11(2-6-12)15-18-14(9-19-15)10-3-7-13(17)8-4-10/h1-9H. The van der Waals surface area contributed by atoms with Gasteiger partial charge in [-0.1, -0.05) is 28.1 Å². The van der Waals surface area contributed by atoms with E-state index in [4.69, 9.17) is 0 Å². The fraction of sp³-hybridized carbons (Fsp3) is 0. The molecule has 1 nitrogen and oxygen atoms in total. The molecule has 0 aliphatic heterocycles. The maximum atomic E-state index is 12.9. The highest BCUT2D eigenvalue weighted by Gasteiger charge is 2.06. The van der Waals surface area contributed by atoms with Crippen molar-refractivity contribution >= 4 is 27.3 Å². The van der Waals surface area contributed by atoms with Crippen LogP contribution in [-0.2, 0) is 0 Å². The summed E-state index contributed by atoms with van der Waals surface area (Å²) >= 11 is 5.00. The minimum atomic E-state index is -0.230. The Morgan fingerprint density at radius 1 is 0.895 bits per heavy atom. The average molecular weight is 334 g/mol. The van der Waals surface area contributed by atoms with Gasteiger partial charge in [0.25, 0.3) is 0 Å². The van der Waals surface area contributed by atoms with E-state index in [0.717, 1.165) is 26.3 Å². The summed E-state index contributed by atoms with van der Waals surface area (Å²) < 4.78 is 13.9. The minimum Gasteiger partial charge on any atom is -0.236 e. The molecule has 1 heterocycles. The van der Waals surface area contributed by atoms with Crippen LogP contribution in [0.1, 0.15) is 0 Å². The Morgan fingerprint density at radius 2 is 1.53 bits per heavy atom. The lowest BCUT2D eigenvalue weighted by atomic mass is 10.2. The van der Waals surface area contributed by atoms with Crippen molar-refractivity contribution in [1.29, 1.82) is 0 Å². The second kappa shape index (κ2) is 5.23. The fourth-order valence-electron chi connectivity index (χ4n) is 1.75. The normalized spacial score (nSPS) is 10.6. The molecule has 0 fully saturated rings. The van der Waals surface area contributed by atoms with Crippen LogP contribution >= 0.6 is 27.3 Å². The zero-order valence-corrected chi connectivity index (χ0v) is 12.2. The van der Waals surface area contributed by atoms with E-state index in [1.807, 2.05) is 29.6 Å². The van der Waals surface area contributed by atoms with E-state index in [1.165, 1.54) is 12.1 Å². The molecule has 0 aliphatic rings. The molecule has 0 saturated carbocycles. The first kappa shape index (κ1) is 12.5. The number of halogens is 2. The Hall–Kier alpha value is -1.52. The molecule has 0 amide bonds. The van der Waals surface area contributed by atoms with E-state index >= 15 is 0 Å². The van der Waals surface area contributed by atoms with Gasteiger partial charge >= 0.3 is 0 Å². The molecule has 94 valence electrons. The highest BCUT2D eigenvalue weighted by Crippen LogP contribution is 2.29. The summed E-state index contributed by atoms with van der Waals surface area (Å²) in [6.45, 7) is 0. The third-order valence-electron chi connectivity index (χ3n) is 2.74. The maximum Gasteiger partial charge on any atom is 0.124 e. The molecule has 0 unspecified atom stereocenters. The van der Waals surface area contributed by atoms with Crippen molar-refractivity contribution < 1.29 is 4.39 Å². The van der Waals surface area contributed by atoms with Gasteiger partial charge in [0.15, 0.2) is 0 Å². The topological polar surface area (TPSA) is 12.9 Å². The van der Waals surface area contributed by atoms with Crippen LogP contribution in [0, 0.1) is 5.82 Å². The van der Waals surface area contributed by atoms with Crippen molar-refractivity contribution in [3.05, 3.63) is 64.2 Å². The van der Waals surface area contributed by atoms with Gasteiger partial charge in [-0.15, -0.1) is 11.3 Å². The van der Waals surface area contributed by atoms with Crippen molar-refractivity contribution in [1.82, 2.24) is 4.98 Å². The smallest absolute Gasteiger partial charge is 0.124 e. The molecule has 0 spiro atoms. The van der Waals surface area contributed by atoms with E-state index < -0.39 is 0 Å². The molecule has 1 aromatic heterocycles. The molecule has 3 rings (SSSR count). The summed E-state index contributed by atoms with van der Waals surface area (Å²) in [4.78, 5) is 4.59. The van der Waals surface area contributed by atoms with Gasteiger partial charge in [0.05, 0.1) is 5.69 Å². The first-order chi connectivity index (χ1) is 9.22. The summed E-state index contributed by atoms with van der Waals surface area (Å²) in [6, 6.07) is 14.4. The zero-order valence-electron chi connectivity index (χ0n) is 9.81. The fourth-order valence-corrected chi connectivity index (χ4v) is 2.85. The van der Waals surface area contributed by atoms with Gasteiger partial charge in [0.1, 0.15) is 10.8 Å². The van der Waals surface area contributed by atoms with Gasteiger partial charge in [-0.25, -0.2) is 9.37 Å². The molecule has 0 aliphatic carbocycles. The van der Waals surface area contributed by atoms with Crippen molar-refractivity contribution in [2.45, 2.75) is 0 Å². The van der Waals surface area contributed by atoms with E-state index in [-0.39, 0.29) is 5.82 Å². The molecule has 3 aromatic rings. The second-order valence-corrected chi connectivity index (χ2v) is 5.83. The van der Waals surface area contributed by atoms with E-state index in [2.05, 4.69) is 20.9 Å². The second-order valence-electron chi connectivity index (χ2n) is 4.05. The summed E-state index contributed by atoms with van der Waals surface area (Å²) in [6.07, 6.45) is 0. The number of thiazole rings is 1. The zero-order chi connectivity index (χ0) is 13.2. The number of nitrogens with zero attached hydrogens (tertiary/aromatic N) is 1. The molecular formula is C15H9BrFNS. The third-order valence-corrected chi connectivity index (χ3v) is 4.16. The lowest BCUT2D eigenvalue weighted by molar-refractivity contribution is 0.628. The molecule has 4 heteroatoms. The summed E-state index contributed by atoms with van der Waals surface area (Å²) in [5.41, 5.74) is 2.89. The summed E-state index contributed by atoms with van der Waals surface area (Å²) in [7, 11) is 0. The first-order valence-electron chi connectivity index (χ1n) is 5.70. The lowest BCUT2D eigenvalue weighted by Gasteiger charge is -1.97. The summed E-state index contributed by atoms with van der Waals surface area (Å²) in [5, 5.41) is 2.96. The Bertz CT molecular complexity index is 629. The molecule has 0 radical (unpaired) electrons. The Balaban J connectivity index is 1.95. The monoisotopic (exact) mass is 333 g/mol. The maximum absolute atomic E-state index is 12.9. The predicted octanol–water partition coefficient (Wildman–Crippen LogP) is 5.38. The Labute approximate surface area is 122 Å². The Kier molecular flexibility index (Phi) is 3.44. The van der Waals surface area contributed by atoms with Gasteiger partial charge in [-0.2, -0.15) is 0 Å². The van der Waals surface area contributed by atoms with E-state index in [1.54, 1.807) is 23.5 Å². The van der Waals surface area contributed by atoms with Crippen LogP contribution in [0.4, 0.5) is 4.39 Å². The average Bonchev–Trinajstić information content (AvgIpc) is 2.90. The van der Waals surface area contributed by atoms with Gasteiger partial charge in [0.2, 0.25) is 0 Å². The van der Waals surface area contributed by atoms with Crippen molar-refractivity contribution in [3.63, 3.8) is 0 Å². The van der Waals surface area contributed by atoms with Gasteiger partial charge in [0, 0.05) is 21.0 Å². The molecule has 19 heavy (non-hydrogen) atoms. The largest absolute Gasteiger partial charge is 0.236 e. The number of rotatable bonds is 2. The van der Waals surface area contributed by atoms with Crippen LogP contribution in [-0.4, -0.2) is 4.98 Å². The number of benzene rings is 2. The number of aromatic nitrogens is 1. The highest BCUT2D eigenvalue weighted by atomic mass is 79.9. The van der Waals surface area contributed by atoms with Crippen LogP contribution in [0.25, 0.3) is 21.8 Å². The molecular weight excluding hydrogens is 325 g/mol. The molecule has 0 atom stereocenters. The molecule has 0 bridgehead atoms. The molecule has 0 saturated heterocycles. The predicted molar refractivity (Wildman–Crippen MR) is 80.6 cm³/mol. The van der Waals surface area contributed by atoms with Gasteiger partial charge in [-0.3, -0.25) is 0 Å².